The zero-order chi connectivity index (χ0) is 11.8. The van der Waals surface area contributed by atoms with Gasteiger partial charge in [0, 0.05) is 13.8 Å². The van der Waals surface area contributed by atoms with Crippen LogP contribution in [0.5, 0.6) is 0 Å². The molecule has 0 saturated carbocycles. The largest absolute Gasteiger partial charge is 1.00 e. The average Bonchev–Trinajstić information content (AvgIpc) is 1.79. The van der Waals surface area contributed by atoms with Crippen LogP contribution >= 0.6 is 15.9 Å². The molecule has 0 aliphatic heterocycles. The van der Waals surface area contributed by atoms with Crippen molar-refractivity contribution in [3.8, 4) is 0 Å². The third-order valence-electron chi connectivity index (χ3n) is 1.35. The van der Waals surface area contributed by atoms with Crippen LogP contribution in [0.4, 0.5) is 0 Å². The second-order valence-corrected chi connectivity index (χ2v) is 6.57. The van der Waals surface area contributed by atoms with Gasteiger partial charge >= 0.3 is 124 Å². The molecule has 0 spiro atoms. The molecule has 0 rings (SSSR count). The summed E-state index contributed by atoms with van der Waals surface area (Å²) in [4.78, 5) is 73.1. The third-order valence-corrected chi connectivity index (χ3v) is 5.04. The van der Waals surface area contributed by atoms with Crippen LogP contribution in [-0.4, -0.2) is 11.1 Å². The molecule has 18 heavy (non-hydrogen) atoms. The average molecular weight is 336 g/mol. The molecule has 0 radical (unpaired) electrons. The van der Waals surface area contributed by atoms with Gasteiger partial charge in [-0.3, -0.25) is 4.79 Å². The van der Waals surface area contributed by atoms with Crippen LogP contribution in [0.1, 0.15) is 13.8 Å². The maximum Gasteiger partial charge on any atom is 1.00 e. The number of ether oxygens (including phenoxy) is 1. The van der Waals surface area contributed by atoms with E-state index in [0.717, 1.165) is 0 Å². The molecule has 0 N–H and O–H groups in total. The van der Waals surface area contributed by atoms with Crippen molar-refractivity contribution in [2.45, 2.75) is 18.9 Å². The van der Waals surface area contributed by atoms with Crippen LogP contribution < -0.4 is 148 Å². The van der Waals surface area contributed by atoms with E-state index in [9.17, 15) is 34.2 Å². The predicted octanol–water partition coefficient (Wildman–Crippen LogP) is -17.1. The Balaban J connectivity index is -0.000000141. The van der Waals surface area contributed by atoms with E-state index in [1.165, 1.54) is 0 Å². The van der Waals surface area contributed by atoms with Crippen molar-refractivity contribution in [2.24, 2.45) is 0 Å². The van der Waals surface area contributed by atoms with E-state index < -0.39 is 26.9 Å². The molecule has 8 nitrogen and oxygen atoms in total. The van der Waals surface area contributed by atoms with E-state index in [0.29, 0.717) is 6.92 Å². The van der Waals surface area contributed by atoms with Gasteiger partial charge in [-0.05, 0) is 0 Å². The molecule has 84 valence electrons. The van der Waals surface area contributed by atoms with E-state index in [1.54, 1.807) is 0 Å². The fourth-order valence-corrected chi connectivity index (χ4v) is 2.21. The Bertz CT molecular complexity index is 226. The van der Waals surface area contributed by atoms with Gasteiger partial charge in [-0.25, -0.2) is 0 Å². The zero-order valence-electron chi connectivity index (χ0n) is 11.2. The number of esters is 1. The Labute approximate surface area is 194 Å². The molecule has 0 unspecified atom stereocenters. The standard InChI is InChI=1S/C4H10O8P2.4Na/c1-3(5)12-4(2,13(6,7)8)14(9,10)11;;;;/h1-2H3,(H2,6,7,8)(H2,9,10,11);;;;/q;4*+1/p-4. The topological polar surface area (TPSA) is 165 Å². The van der Waals surface area contributed by atoms with E-state index >= 15 is 0 Å². The first-order valence-electron chi connectivity index (χ1n) is 3.16. The molecule has 0 aromatic heterocycles. The van der Waals surface area contributed by atoms with Crippen molar-refractivity contribution in [3.63, 3.8) is 0 Å². The molecule has 0 amide bonds. The summed E-state index contributed by atoms with van der Waals surface area (Å²) >= 11 is 0. The molecular weight excluding hydrogens is 330 g/mol. The predicted molar refractivity (Wildman–Crippen MR) is 34.0 cm³/mol. The number of carbonyl (C=O) groups excluding carboxylic acids is 1. The van der Waals surface area contributed by atoms with Crippen molar-refractivity contribution in [2.75, 3.05) is 0 Å². The molecule has 0 aromatic carbocycles. The molecule has 0 heterocycles. The first kappa shape index (κ1) is 33.6. The Hall–Kier alpha value is 4.09. The normalized spacial score (nSPS) is 10.9. The summed E-state index contributed by atoms with van der Waals surface area (Å²) in [6.45, 7) is 0.902. The molecule has 0 bridgehead atoms. The molecule has 0 aliphatic rings. The van der Waals surface area contributed by atoms with Crippen molar-refractivity contribution < 1.29 is 157 Å². The summed E-state index contributed by atoms with van der Waals surface area (Å²) in [5, 5.41) is -3.56. The number of rotatable bonds is 3. The molecule has 0 aliphatic carbocycles. The Morgan fingerprint density at radius 2 is 1.11 bits per heavy atom. The van der Waals surface area contributed by atoms with Gasteiger partial charge in [0.25, 0.3) is 5.08 Å². The van der Waals surface area contributed by atoms with Gasteiger partial charge < -0.3 is 34.1 Å². The maximum atomic E-state index is 10.5. The fourth-order valence-electron chi connectivity index (χ4n) is 0.534. The molecule has 0 aromatic rings. The second-order valence-electron chi connectivity index (χ2n) is 2.52. The number of carbonyl (C=O) groups is 1. The summed E-state index contributed by atoms with van der Waals surface area (Å²) < 4.78 is 3.75. The van der Waals surface area contributed by atoms with Crippen molar-refractivity contribution in [1.29, 1.82) is 0 Å². The minimum absolute atomic E-state index is 0. The quantitative estimate of drug-likeness (QED) is 0.278. The minimum atomic E-state index is -5.89. The smallest absolute Gasteiger partial charge is 0.682 e. The van der Waals surface area contributed by atoms with Crippen molar-refractivity contribution in [1.82, 2.24) is 0 Å². The zero-order valence-corrected chi connectivity index (χ0v) is 20.9. The Morgan fingerprint density at radius 1 is 0.889 bits per heavy atom. The van der Waals surface area contributed by atoms with E-state index in [1.807, 2.05) is 0 Å². The van der Waals surface area contributed by atoms with Crippen LogP contribution in [-0.2, 0) is 9.53 Å². The molecule has 0 saturated heterocycles. The third kappa shape index (κ3) is 9.98. The number of hydrogen-bond donors (Lipinski definition) is 0. The van der Waals surface area contributed by atoms with Crippen molar-refractivity contribution >= 4 is 21.9 Å². The van der Waals surface area contributed by atoms with Gasteiger partial charge in [0.05, 0.1) is 0 Å². The summed E-state index contributed by atoms with van der Waals surface area (Å²) in [5.41, 5.74) is 0. The summed E-state index contributed by atoms with van der Waals surface area (Å²) in [6.07, 6.45) is 0. The molecule has 14 heteroatoms. The van der Waals surface area contributed by atoms with Crippen LogP contribution in [0, 0.1) is 0 Å². The van der Waals surface area contributed by atoms with Crippen LogP contribution in [0.25, 0.3) is 0 Å². The summed E-state index contributed by atoms with van der Waals surface area (Å²) in [5.74, 6) is -1.36. The van der Waals surface area contributed by atoms with Gasteiger partial charge in [-0.1, -0.05) is 15.9 Å². The van der Waals surface area contributed by atoms with Crippen LogP contribution in [0.3, 0.4) is 0 Å². The SMILES string of the molecule is CC(=O)OC(C)([P+]([O-])([O-])[O-])[P+]([O-])([O-])[O-].[Na+].[Na+].[Na+].[Na+]. The van der Waals surface area contributed by atoms with E-state index in [4.69, 9.17) is 0 Å². The Morgan fingerprint density at radius 3 is 1.17 bits per heavy atom. The first-order valence-corrected chi connectivity index (χ1v) is 6.24. The van der Waals surface area contributed by atoms with Crippen molar-refractivity contribution in [3.05, 3.63) is 0 Å². The van der Waals surface area contributed by atoms with Crippen LogP contribution in [0.15, 0.2) is 0 Å². The van der Waals surface area contributed by atoms with Crippen LogP contribution in [0.2, 0.25) is 0 Å². The second kappa shape index (κ2) is 12.5. The minimum Gasteiger partial charge on any atom is -0.682 e. The van der Waals surface area contributed by atoms with Gasteiger partial charge in [0.2, 0.25) is 0 Å². The molecular formula is C4H6Na4O8P2. The van der Waals surface area contributed by atoms with E-state index in [2.05, 4.69) is 4.74 Å². The van der Waals surface area contributed by atoms with Gasteiger partial charge in [0.1, 0.15) is 0 Å². The maximum absolute atomic E-state index is 10.5. The number of hydrogen-bond acceptors (Lipinski definition) is 8. The monoisotopic (exact) mass is 336 g/mol. The summed E-state index contributed by atoms with van der Waals surface area (Å²) in [7, 11) is -11.8. The van der Waals surface area contributed by atoms with Gasteiger partial charge in [-0.15, -0.1) is 0 Å². The molecule has 0 fully saturated rings. The molecule has 0 atom stereocenters. The van der Waals surface area contributed by atoms with E-state index in [-0.39, 0.29) is 125 Å². The summed E-state index contributed by atoms with van der Waals surface area (Å²) in [6, 6.07) is 0. The fraction of sp³-hybridized carbons (Fsp3) is 0.750. The van der Waals surface area contributed by atoms with Gasteiger partial charge in [0.15, 0.2) is 0 Å². The first-order chi connectivity index (χ1) is 5.92. The Kier molecular flexibility index (Phi) is 23.4. The van der Waals surface area contributed by atoms with Gasteiger partial charge in [-0.2, -0.15) is 0 Å².